The summed E-state index contributed by atoms with van der Waals surface area (Å²) in [6.07, 6.45) is 2.04. The van der Waals surface area contributed by atoms with Crippen LogP contribution in [0.1, 0.15) is 23.7 Å². The van der Waals surface area contributed by atoms with Crippen LogP contribution in [-0.2, 0) is 0 Å². The van der Waals surface area contributed by atoms with Crippen LogP contribution in [0.2, 0.25) is 0 Å². The smallest absolute Gasteiger partial charge is 0.256 e. The van der Waals surface area contributed by atoms with E-state index in [2.05, 4.69) is 20.9 Å². The van der Waals surface area contributed by atoms with Crippen LogP contribution in [0.25, 0.3) is 0 Å². The number of hydrogen-bond donors (Lipinski definition) is 1. The monoisotopic (exact) mass is 298 g/mol. The number of aliphatic hydroxyl groups excluding tert-OH is 1. The average Bonchev–Trinajstić information content (AvgIpc) is 2.32. The number of hydrogen-bond acceptors (Lipinski definition) is 3. The summed E-state index contributed by atoms with van der Waals surface area (Å²) in [5.74, 6) is 0.187. The van der Waals surface area contributed by atoms with Crippen LogP contribution in [0.3, 0.4) is 0 Å². The third-order valence-electron chi connectivity index (χ3n) is 3.20. The van der Waals surface area contributed by atoms with E-state index in [-0.39, 0.29) is 11.8 Å². The second-order valence-electron chi connectivity index (χ2n) is 4.43. The highest BCUT2D eigenvalue weighted by Crippen LogP contribution is 2.21. The lowest BCUT2D eigenvalue weighted by atomic mass is 9.96. The minimum absolute atomic E-state index is 0.0732. The van der Waals surface area contributed by atoms with Gasteiger partial charge in [0.1, 0.15) is 4.60 Å². The van der Waals surface area contributed by atoms with Gasteiger partial charge in [-0.2, -0.15) is 0 Å². The van der Waals surface area contributed by atoms with E-state index in [4.69, 9.17) is 0 Å². The molecule has 1 aliphatic rings. The fourth-order valence-electron chi connectivity index (χ4n) is 1.95. The van der Waals surface area contributed by atoms with Crippen molar-refractivity contribution in [1.82, 2.24) is 9.88 Å². The van der Waals surface area contributed by atoms with Crippen LogP contribution in [0.5, 0.6) is 0 Å². The van der Waals surface area contributed by atoms with E-state index < -0.39 is 6.10 Å². The number of piperidine rings is 1. The molecular weight excluding hydrogens is 284 g/mol. The number of pyridine rings is 1. The van der Waals surface area contributed by atoms with Gasteiger partial charge in [-0.05, 0) is 40.4 Å². The van der Waals surface area contributed by atoms with E-state index in [0.29, 0.717) is 23.3 Å². The van der Waals surface area contributed by atoms with Gasteiger partial charge in [0.25, 0.3) is 5.91 Å². The molecular formula is C12H15BrN2O2. The van der Waals surface area contributed by atoms with Crippen LogP contribution >= 0.6 is 15.9 Å². The molecule has 1 amide bonds. The van der Waals surface area contributed by atoms with Gasteiger partial charge in [-0.1, -0.05) is 6.92 Å². The van der Waals surface area contributed by atoms with E-state index in [1.165, 1.54) is 0 Å². The van der Waals surface area contributed by atoms with Gasteiger partial charge in [0.2, 0.25) is 0 Å². The number of rotatable bonds is 1. The Bertz CT molecular complexity index is 425. The Kier molecular flexibility index (Phi) is 3.79. The molecule has 1 aromatic rings. The summed E-state index contributed by atoms with van der Waals surface area (Å²) in [6, 6.07) is 3.48. The van der Waals surface area contributed by atoms with Crippen molar-refractivity contribution in [2.24, 2.45) is 5.92 Å². The third-order valence-corrected chi connectivity index (χ3v) is 3.83. The molecule has 1 N–H and O–H groups in total. The molecule has 2 unspecified atom stereocenters. The number of carbonyl (C=O) groups is 1. The predicted octanol–water partition coefficient (Wildman–Crippen LogP) is 1.69. The molecule has 1 saturated heterocycles. The fourth-order valence-corrected chi connectivity index (χ4v) is 2.37. The van der Waals surface area contributed by atoms with Crippen molar-refractivity contribution in [3.05, 3.63) is 28.5 Å². The Hall–Kier alpha value is -0.940. The van der Waals surface area contributed by atoms with Crippen molar-refractivity contribution in [2.75, 3.05) is 13.1 Å². The summed E-state index contributed by atoms with van der Waals surface area (Å²) in [5.41, 5.74) is 0.550. The number of aromatic nitrogens is 1. The first-order valence-electron chi connectivity index (χ1n) is 5.67. The van der Waals surface area contributed by atoms with Crippen molar-refractivity contribution in [3.63, 3.8) is 0 Å². The molecule has 2 atom stereocenters. The zero-order valence-corrected chi connectivity index (χ0v) is 11.2. The van der Waals surface area contributed by atoms with E-state index >= 15 is 0 Å². The lowest BCUT2D eigenvalue weighted by Gasteiger charge is -2.34. The van der Waals surface area contributed by atoms with Crippen LogP contribution in [0.4, 0.5) is 0 Å². The third kappa shape index (κ3) is 2.66. The second kappa shape index (κ2) is 5.14. The maximum absolute atomic E-state index is 12.2. The minimum atomic E-state index is -0.428. The van der Waals surface area contributed by atoms with Crippen LogP contribution in [0.15, 0.2) is 22.9 Å². The highest BCUT2D eigenvalue weighted by molar-refractivity contribution is 9.10. The van der Waals surface area contributed by atoms with Crippen molar-refractivity contribution in [1.29, 1.82) is 0 Å². The van der Waals surface area contributed by atoms with Gasteiger partial charge < -0.3 is 10.0 Å². The van der Waals surface area contributed by atoms with Gasteiger partial charge in [0.15, 0.2) is 0 Å². The Morgan fingerprint density at radius 1 is 1.65 bits per heavy atom. The maximum Gasteiger partial charge on any atom is 0.256 e. The number of nitrogens with zero attached hydrogens (tertiary/aromatic N) is 2. The van der Waals surface area contributed by atoms with Crippen LogP contribution in [0, 0.1) is 5.92 Å². The molecule has 1 aromatic heterocycles. The molecule has 2 heterocycles. The van der Waals surface area contributed by atoms with E-state index in [1.54, 1.807) is 23.2 Å². The lowest BCUT2D eigenvalue weighted by Crippen LogP contribution is -2.45. The van der Waals surface area contributed by atoms with E-state index in [1.807, 2.05) is 6.92 Å². The Morgan fingerprint density at radius 3 is 3.06 bits per heavy atom. The molecule has 0 aromatic carbocycles. The number of amides is 1. The number of likely N-dealkylation sites (tertiary alicyclic amines) is 1. The number of carbonyl (C=O) groups excluding carboxylic acids is 1. The number of halogens is 1. The zero-order valence-electron chi connectivity index (χ0n) is 9.64. The average molecular weight is 299 g/mol. The van der Waals surface area contributed by atoms with E-state index in [9.17, 15) is 9.90 Å². The van der Waals surface area contributed by atoms with Crippen molar-refractivity contribution in [3.8, 4) is 0 Å². The second-order valence-corrected chi connectivity index (χ2v) is 5.18. The summed E-state index contributed by atoms with van der Waals surface area (Å²) in [4.78, 5) is 17.9. The van der Waals surface area contributed by atoms with Crippen molar-refractivity contribution < 1.29 is 9.90 Å². The molecule has 0 radical (unpaired) electrons. The summed E-state index contributed by atoms with van der Waals surface area (Å²) in [6.45, 7) is 3.10. The van der Waals surface area contributed by atoms with Crippen molar-refractivity contribution in [2.45, 2.75) is 19.4 Å². The molecule has 0 saturated carbocycles. The van der Waals surface area contributed by atoms with Crippen LogP contribution in [-0.4, -0.2) is 40.1 Å². The molecule has 5 heteroatoms. The quantitative estimate of drug-likeness (QED) is 0.803. The van der Waals surface area contributed by atoms with Gasteiger partial charge in [0, 0.05) is 19.3 Å². The Morgan fingerprint density at radius 2 is 2.41 bits per heavy atom. The van der Waals surface area contributed by atoms with E-state index in [0.717, 1.165) is 6.42 Å². The molecule has 0 spiro atoms. The normalized spacial score (nSPS) is 24.8. The standard InChI is InChI=1S/C12H15BrN2O2/c1-8-4-6-15(7-10(8)16)12(17)9-3-2-5-14-11(9)13/h2-3,5,8,10,16H,4,6-7H2,1H3. The summed E-state index contributed by atoms with van der Waals surface area (Å²) in [7, 11) is 0. The lowest BCUT2D eigenvalue weighted by molar-refractivity contribution is 0.0248. The number of β-amino-alcohol motifs (C(OH)–C–C–N with tert-alkyl or cyclic N) is 1. The summed E-state index contributed by atoms with van der Waals surface area (Å²) < 4.78 is 0.554. The highest BCUT2D eigenvalue weighted by atomic mass is 79.9. The molecule has 17 heavy (non-hydrogen) atoms. The van der Waals surface area contributed by atoms with Crippen LogP contribution < -0.4 is 0 Å². The van der Waals surface area contributed by atoms with Gasteiger partial charge in [-0.25, -0.2) is 4.98 Å². The molecule has 4 nitrogen and oxygen atoms in total. The maximum atomic E-state index is 12.2. The largest absolute Gasteiger partial charge is 0.391 e. The first-order valence-corrected chi connectivity index (χ1v) is 6.46. The Balaban J connectivity index is 2.14. The van der Waals surface area contributed by atoms with Gasteiger partial charge in [-0.3, -0.25) is 4.79 Å². The fraction of sp³-hybridized carbons (Fsp3) is 0.500. The zero-order chi connectivity index (χ0) is 12.4. The SMILES string of the molecule is CC1CCN(C(=O)c2cccnc2Br)CC1O. The van der Waals surface area contributed by atoms with Crippen molar-refractivity contribution >= 4 is 21.8 Å². The summed E-state index contributed by atoms with van der Waals surface area (Å²) in [5, 5.41) is 9.79. The predicted molar refractivity (Wildman–Crippen MR) is 67.6 cm³/mol. The first kappa shape index (κ1) is 12.5. The van der Waals surface area contributed by atoms with Gasteiger partial charge in [0.05, 0.1) is 11.7 Å². The van der Waals surface area contributed by atoms with Gasteiger partial charge in [-0.15, -0.1) is 0 Å². The summed E-state index contributed by atoms with van der Waals surface area (Å²) >= 11 is 3.27. The van der Waals surface area contributed by atoms with Gasteiger partial charge >= 0.3 is 0 Å². The molecule has 2 rings (SSSR count). The topological polar surface area (TPSA) is 53.4 Å². The molecule has 0 bridgehead atoms. The molecule has 92 valence electrons. The highest BCUT2D eigenvalue weighted by Gasteiger charge is 2.28. The number of aliphatic hydroxyl groups is 1. The minimum Gasteiger partial charge on any atom is -0.391 e. The molecule has 0 aliphatic carbocycles. The molecule has 1 fully saturated rings. The Labute approximate surface area is 109 Å². The first-order chi connectivity index (χ1) is 8.09. The molecule has 1 aliphatic heterocycles.